The van der Waals surface area contributed by atoms with Crippen LogP contribution in [0.1, 0.15) is 24.9 Å². The molecule has 1 rings (SSSR count). The van der Waals surface area contributed by atoms with Crippen LogP contribution in [0.5, 0.6) is 5.75 Å². The van der Waals surface area contributed by atoms with Crippen molar-refractivity contribution in [2.75, 3.05) is 19.8 Å². The number of ether oxygens (including phenoxy) is 2. The number of hydrogen-bond acceptors (Lipinski definition) is 3. The molecule has 2 N–H and O–H groups in total. The molecule has 6 heteroatoms. The predicted molar refractivity (Wildman–Crippen MR) is 66.0 cm³/mol. The number of nitrogens with two attached hydrogens (primary N) is 1. The van der Waals surface area contributed by atoms with Gasteiger partial charge >= 0.3 is 6.18 Å². The van der Waals surface area contributed by atoms with Crippen molar-refractivity contribution in [1.82, 2.24) is 0 Å². The number of rotatable bonds is 7. The molecule has 0 aliphatic rings. The van der Waals surface area contributed by atoms with Crippen molar-refractivity contribution in [2.45, 2.75) is 25.6 Å². The van der Waals surface area contributed by atoms with Crippen LogP contribution in [0.25, 0.3) is 0 Å². The number of benzene rings is 1. The Morgan fingerprint density at radius 2 is 1.89 bits per heavy atom. The van der Waals surface area contributed by atoms with Gasteiger partial charge in [0, 0.05) is 18.0 Å². The summed E-state index contributed by atoms with van der Waals surface area (Å²) in [6, 6.07) is 7.17. The van der Waals surface area contributed by atoms with Crippen LogP contribution >= 0.6 is 0 Å². The fraction of sp³-hybridized carbons (Fsp3) is 0.538. The van der Waals surface area contributed by atoms with E-state index in [1.807, 2.05) is 25.1 Å². The molecule has 3 nitrogen and oxygen atoms in total. The van der Waals surface area contributed by atoms with Crippen LogP contribution in [0.3, 0.4) is 0 Å². The molecule has 0 radical (unpaired) electrons. The highest BCUT2D eigenvalue weighted by Gasteiger charge is 2.27. The van der Waals surface area contributed by atoms with Crippen LogP contribution in [0.4, 0.5) is 13.2 Å². The first-order valence-electron chi connectivity index (χ1n) is 6.02. The summed E-state index contributed by atoms with van der Waals surface area (Å²) in [6.07, 6.45) is -3.88. The third-order valence-corrected chi connectivity index (χ3v) is 2.37. The molecule has 0 amide bonds. The fourth-order valence-corrected chi connectivity index (χ4v) is 1.52. The van der Waals surface area contributed by atoms with Crippen LogP contribution in [-0.4, -0.2) is 26.0 Å². The Bertz CT molecular complexity index is 380. The second-order valence-electron chi connectivity index (χ2n) is 4.20. The van der Waals surface area contributed by atoms with Gasteiger partial charge in [-0.1, -0.05) is 18.2 Å². The molecule has 0 heterocycles. The maximum absolute atomic E-state index is 11.8. The van der Waals surface area contributed by atoms with E-state index in [9.17, 15) is 13.2 Å². The summed E-state index contributed by atoms with van der Waals surface area (Å²) in [4.78, 5) is 0. The molecular weight excluding hydrogens is 259 g/mol. The summed E-state index contributed by atoms with van der Waals surface area (Å²) in [5.74, 6) is 0.660. The van der Waals surface area contributed by atoms with E-state index in [0.29, 0.717) is 18.8 Å². The van der Waals surface area contributed by atoms with Gasteiger partial charge < -0.3 is 15.2 Å². The first-order valence-corrected chi connectivity index (χ1v) is 6.02. The molecule has 0 aliphatic heterocycles. The molecule has 0 spiro atoms. The number of para-hydroxylation sites is 1. The van der Waals surface area contributed by atoms with Crippen LogP contribution < -0.4 is 10.5 Å². The summed E-state index contributed by atoms with van der Waals surface area (Å²) < 4.78 is 45.4. The predicted octanol–water partition coefficient (Wildman–Crippen LogP) is 3.05. The zero-order valence-corrected chi connectivity index (χ0v) is 10.7. The van der Waals surface area contributed by atoms with E-state index < -0.39 is 12.8 Å². The first kappa shape index (κ1) is 15.8. The summed E-state index contributed by atoms with van der Waals surface area (Å²) in [6.45, 7) is 0.930. The second-order valence-corrected chi connectivity index (χ2v) is 4.20. The maximum atomic E-state index is 11.8. The molecule has 0 bridgehead atoms. The van der Waals surface area contributed by atoms with Gasteiger partial charge in [0.25, 0.3) is 0 Å². The lowest BCUT2D eigenvalue weighted by Crippen LogP contribution is -2.18. The SMILES string of the molecule is C[C@@H](N)c1ccccc1OCCCOCC(F)(F)F. The van der Waals surface area contributed by atoms with Gasteiger partial charge in [0.05, 0.1) is 13.2 Å². The fourth-order valence-electron chi connectivity index (χ4n) is 1.52. The van der Waals surface area contributed by atoms with Crippen molar-refractivity contribution in [3.8, 4) is 5.75 Å². The highest BCUT2D eigenvalue weighted by atomic mass is 19.4. The van der Waals surface area contributed by atoms with E-state index in [-0.39, 0.29) is 12.6 Å². The highest BCUT2D eigenvalue weighted by molar-refractivity contribution is 5.35. The van der Waals surface area contributed by atoms with Crippen LogP contribution in [-0.2, 0) is 4.74 Å². The quantitative estimate of drug-likeness (QED) is 0.779. The van der Waals surface area contributed by atoms with E-state index >= 15 is 0 Å². The third kappa shape index (κ3) is 6.45. The van der Waals surface area contributed by atoms with Gasteiger partial charge in [0.1, 0.15) is 12.4 Å². The van der Waals surface area contributed by atoms with E-state index in [4.69, 9.17) is 10.5 Å². The lowest BCUT2D eigenvalue weighted by molar-refractivity contribution is -0.174. The average molecular weight is 277 g/mol. The molecule has 1 aromatic rings. The Hall–Kier alpha value is -1.27. The van der Waals surface area contributed by atoms with Crippen LogP contribution in [0.15, 0.2) is 24.3 Å². The standard InChI is InChI=1S/C13H18F3NO2/c1-10(17)11-5-2-3-6-12(11)19-8-4-7-18-9-13(14,15)16/h2-3,5-6,10H,4,7-9,17H2,1H3/t10-/m1/s1. The summed E-state index contributed by atoms with van der Waals surface area (Å²) in [7, 11) is 0. The van der Waals surface area contributed by atoms with Crippen LogP contribution in [0.2, 0.25) is 0 Å². The summed E-state index contributed by atoms with van der Waals surface area (Å²) in [5.41, 5.74) is 6.66. The van der Waals surface area contributed by atoms with Gasteiger partial charge in [0.15, 0.2) is 0 Å². The van der Waals surface area contributed by atoms with Gasteiger partial charge in [-0.05, 0) is 13.0 Å². The van der Waals surface area contributed by atoms with Crippen molar-refractivity contribution in [1.29, 1.82) is 0 Å². The minimum absolute atomic E-state index is 0.0137. The number of halogens is 3. The first-order chi connectivity index (χ1) is 8.90. The van der Waals surface area contributed by atoms with Crippen molar-refractivity contribution in [3.63, 3.8) is 0 Å². The Morgan fingerprint density at radius 1 is 1.21 bits per heavy atom. The zero-order chi connectivity index (χ0) is 14.3. The molecule has 108 valence electrons. The Balaban J connectivity index is 2.26. The second kappa shape index (κ2) is 7.35. The van der Waals surface area contributed by atoms with Crippen molar-refractivity contribution >= 4 is 0 Å². The van der Waals surface area contributed by atoms with Gasteiger partial charge in [-0.2, -0.15) is 13.2 Å². The van der Waals surface area contributed by atoms with E-state index in [1.165, 1.54) is 0 Å². The van der Waals surface area contributed by atoms with Gasteiger partial charge in [-0.15, -0.1) is 0 Å². The van der Waals surface area contributed by atoms with E-state index in [0.717, 1.165) is 5.56 Å². The third-order valence-electron chi connectivity index (χ3n) is 2.37. The normalized spacial score (nSPS) is 13.3. The van der Waals surface area contributed by atoms with Crippen molar-refractivity contribution in [2.24, 2.45) is 5.73 Å². The monoisotopic (exact) mass is 277 g/mol. The molecule has 19 heavy (non-hydrogen) atoms. The number of alkyl halides is 3. The summed E-state index contributed by atoms with van der Waals surface area (Å²) >= 11 is 0. The summed E-state index contributed by atoms with van der Waals surface area (Å²) in [5, 5.41) is 0. The molecule has 1 aromatic carbocycles. The molecule has 1 atom stereocenters. The lowest BCUT2D eigenvalue weighted by atomic mass is 10.1. The van der Waals surface area contributed by atoms with E-state index in [2.05, 4.69) is 4.74 Å². The van der Waals surface area contributed by atoms with Gasteiger partial charge in [0.2, 0.25) is 0 Å². The smallest absolute Gasteiger partial charge is 0.411 e. The Labute approximate surface area is 110 Å². The van der Waals surface area contributed by atoms with Gasteiger partial charge in [-0.25, -0.2) is 0 Å². The molecule has 0 aliphatic carbocycles. The molecule has 0 fully saturated rings. The van der Waals surface area contributed by atoms with Crippen molar-refractivity contribution < 1.29 is 22.6 Å². The van der Waals surface area contributed by atoms with Crippen molar-refractivity contribution in [3.05, 3.63) is 29.8 Å². The zero-order valence-electron chi connectivity index (χ0n) is 10.7. The average Bonchev–Trinajstić information content (AvgIpc) is 2.32. The molecule has 0 aromatic heterocycles. The minimum Gasteiger partial charge on any atom is -0.493 e. The molecule has 0 saturated carbocycles. The number of hydrogen-bond donors (Lipinski definition) is 1. The topological polar surface area (TPSA) is 44.5 Å². The Kier molecular flexibility index (Phi) is 6.11. The largest absolute Gasteiger partial charge is 0.493 e. The molecule has 0 saturated heterocycles. The minimum atomic E-state index is -4.28. The maximum Gasteiger partial charge on any atom is 0.411 e. The highest BCUT2D eigenvalue weighted by Crippen LogP contribution is 2.23. The van der Waals surface area contributed by atoms with E-state index in [1.54, 1.807) is 6.07 Å². The molecular formula is C13H18F3NO2. The molecule has 0 unspecified atom stereocenters. The Morgan fingerprint density at radius 3 is 2.53 bits per heavy atom. The lowest BCUT2D eigenvalue weighted by Gasteiger charge is -2.14. The van der Waals surface area contributed by atoms with Crippen LogP contribution in [0, 0.1) is 0 Å². The van der Waals surface area contributed by atoms with Gasteiger partial charge in [-0.3, -0.25) is 0 Å².